The lowest BCUT2D eigenvalue weighted by molar-refractivity contribution is -0.149. The van der Waals surface area contributed by atoms with Gasteiger partial charge in [-0.1, -0.05) is 59.3 Å². The molecular formula is C16H32O3S. The van der Waals surface area contributed by atoms with Crippen LogP contribution in [0.25, 0.3) is 0 Å². The molecule has 20 heavy (non-hydrogen) atoms. The molecular weight excluding hydrogens is 272 g/mol. The molecule has 0 aliphatic carbocycles. The monoisotopic (exact) mass is 304 g/mol. The minimum Gasteiger partial charge on any atom is -0.478 e. The molecule has 4 heteroatoms. The zero-order chi connectivity index (χ0) is 15.4. The average molecular weight is 304 g/mol. The van der Waals surface area contributed by atoms with Crippen LogP contribution in [0, 0.1) is 5.92 Å². The van der Waals surface area contributed by atoms with Crippen molar-refractivity contribution >= 4 is 17.7 Å². The second-order valence-corrected chi connectivity index (χ2v) is 7.36. The van der Waals surface area contributed by atoms with Crippen molar-refractivity contribution < 1.29 is 15.0 Å². The van der Waals surface area contributed by atoms with Crippen LogP contribution in [-0.2, 0) is 4.79 Å². The van der Waals surface area contributed by atoms with Gasteiger partial charge in [0.1, 0.15) is 0 Å². The fourth-order valence-electron chi connectivity index (χ4n) is 2.10. The van der Waals surface area contributed by atoms with Crippen LogP contribution < -0.4 is 0 Å². The van der Waals surface area contributed by atoms with Gasteiger partial charge in [0, 0.05) is 0 Å². The van der Waals surface area contributed by atoms with E-state index < -0.39 is 10.9 Å². The van der Waals surface area contributed by atoms with Crippen LogP contribution in [0.4, 0.5) is 0 Å². The van der Waals surface area contributed by atoms with Gasteiger partial charge in [-0.3, -0.25) is 0 Å². The van der Waals surface area contributed by atoms with Crippen molar-refractivity contribution in [1.29, 1.82) is 0 Å². The molecule has 0 spiro atoms. The molecule has 0 rings (SSSR count). The first-order chi connectivity index (χ1) is 9.42. The van der Waals surface area contributed by atoms with Crippen molar-refractivity contribution in [2.75, 3.05) is 5.75 Å². The number of hydrogen-bond donors (Lipinski definition) is 2. The lowest BCUT2D eigenvalue weighted by Gasteiger charge is -2.22. The largest absolute Gasteiger partial charge is 0.478 e. The molecule has 3 nitrogen and oxygen atoms in total. The van der Waals surface area contributed by atoms with E-state index in [-0.39, 0.29) is 0 Å². The second kappa shape index (κ2) is 11.4. The molecule has 1 atom stereocenters. The summed E-state index contributed by atoms with van der Waals surface area (Å²) in [7, 11) is 0. The van der Waals surface area contributed by atoms with Crippen molar-refractivity contribution in [3.63, 3.8) is 0 Å². The average Bonchev–Trinajstić information content (AvgIpc) is 2.37. The van der Waals surface area contributed by atoms with E-state index in [9.17, 15) is 15.0 Å². The first kappa shape index (κ1) is 19.8. The Balaban J connectivity index is 3.90. The fourth-order valence-corrected chi connectivity index (χ4v) is 3.20. The summed E-state index contributed by atoms with van der Waals surface area (Å²) in [6.07, 6.45) is 8.91. The molecule has 120 valence electrons. The zero-order valence-electron chi connectivity index (χ0n) is 13.4. The Kier molecular flexibility index (Phi) is 11.3. The summed E-state index contributed by atoms with van der Waals surface area (Å²) in [6, 6.07) is 0. The summed E-state index contributed by atoms with van der Waals surface area (Å²) in [5.41, 5.74) is 0. The van der Waals surface area contributed by atoms with Crippen molar-refractivity contribution in [2.45, 2.75) is 83.5 Å². The van der Waals surface area contributed by atoms with Crippen LogP contribution in [0.3, 0.4) is 0 Å². The van der Waals surface area contributed by atoms with Gasteiger partial charge in [-0.05, 0) is 30.9 Å². The van der Waals surface area contributed by atoms with E-state index >= 15 is 0 Å². The minimum atomic E-state index is -1.58. The molecule has 0 aromatic carbocycles. The molecule has 0 aliphatic heterocycles. The molecule has 2 N–H and O–H groups in total. The number of aliphatic hydroxyl groups is 1. The molecule has 0 heterocycles. The first-order valence-corrected chi connectivity index (χ1v) is 9.00. The van der Waals surface area contributed by atoms with Crippen LogP contribution in [0.5, 0.6) is 0 Å². The maximum atomic E-state index is 11.2. The predicted octanol–water partition coefficient (Wildman–Crippen LogP) is 4.68. The Morgan fingerprint density at radius 3 is 2.30 bits per heavy atom. The number of unbranched alkanes of at least 4 members (excludes halogenated alkanes) is 5. The molecule has 0 aromatic rings. The molecule has 0 fully saturated rings. The summed E-state index contributed by atoms with van der Waals surface area (Å²) in [5.74, 6) is 0.345. The third-order valence-corrected chi connectivity index (χ3v) is 4.82. The van der Waals surface area contributed by atoms with Crippen LogP contribution >= 0.6 is 11.8 Å². The van der Waals surface area contributed by atoms with E-state index in [0.717, 1.165) is 37.9 Å². The third-order valence-electron chi connectivity index (χ3n) is 3.47. The van der Waals surface area contributed by atoms with Crippen LogP contribution in [0.2, 0.25) is 0 Å². The molecule has 0 radical (unpaired) electrons. The van der Waals surface area contributed by atoms with E-state index in [0.29, 0.717) is 12.3 Å². The molecule has 0 aliphatic rings. The van der Waals surface area contributed by atoms with Crippen molar-refractivity contribution in [3.05, 3.63) is 0 Å². The highest BCUT2D eigenvalue weighted by molar-refractivity contribution is 8.01. The highest BCUT2D eigenvalue weighted by Crippen LogP contribution is 2.30. The number of hydrogen-bond acceptors (Lipinski definition) is 3. The van der Waals surface area contributed by atoms with Gasteiger partial charge in [0.2, 0.25) is 4.93 Å². The van der Waals surface area contributed by atoms with Crippen molar-refractivity contribution in [2.24, 2.45) is 5.92 Å². The van der Waals surface area contributed by atoms with Gasteiger partial charge in [-0.15, -0.1) is 11.8 Å². The number of rotatable bonds is 13. The van der Waals surface area contributed by atoms with Crippen molar-refractivity contribution in [1.82, 2.24) is 0 Å². The third kappa shape index (κ3) is 9.65. The highest BCUT2D eigenvalue weighted by Gasteiger charge is 2.35. The Bertz CT molecular complexity index is 256. The normalized spacial score (nSPS) is 14.4. The van der Waals surface area contributed by atoms with Gasteiger partial charge < -0.3 is 10.2 Å². The Morgan fingerprint density at radius 2 is 1.75 bits per heavy atom. The summed E-state index contributed by atoms with van der Waals surface area (Å²) < 4.78 is 0. The smallest absolute Gasteiger partial charge is 0.346 e. The Hall–Kier alpha value is -0.220. The van der Waals surface area contributed by atoms with Crippen LogP contribution in [0.15, 0.2) is 0 Å². The summed E-state index contributed by atoms with van der Waals surface area (Å²) in [4.78, 5) is 9.66. The number of aliphatic carboxylic acids is 1. The summed E-state index contributed by atoms with van der Waals surface area (Å²) in [6.45, 7) is 6.54. The zero-order valence-corrected chi connectivity index (χ0v) is 14.2. The van der Waals surface area contributed by atoms with E-state index in [2.05, 4.69) is 20.8 Å². The number of carboxylic acids is 1. The first-order valence-electron chi connectivity index (χ1n) is 8.02. The van der Waals surface area contributed by atoms with Crippen LogP contribution in [-0.4, -0.2) is 26.9 Å². The summed E-state index contributed by atoms with van der Waals surface area (Å²) in [5, 5.41) is 19.4. The predicted molar refractivity (Wildman–Crippen MR) is 87.1 cm³/mol. The van der Waals surface area contributed by atoms with Gasteiger partial charge in [-0.25, -0.2) is 4.79 Å². The second-order valence-electron chi connectivity index (χ2n) is 5.99. The van der Waals surface area contributed by atoms with Crippen molar-refractivity contribution in [3.8, 4) is 0 Å². The molecule has 0 aromatic heterocycles. The van der Waals surface area contributed by atoms with Gasteiger partial charge in [-0.2, -0.15) is 0 Å². The standard InChI is InChI=1S/C16H32O3S/c1-4-5-6-10-13-20-16(19,15(17)18)12-9-7-8-11-14(2)3/h14,19H,4-13H2,1-3H3,(H,17,18). The maximum Gasteiger partial charge on any atom is 0.346 e. The Morgan fingerprint density at radius 1 is 1.10 bits per heavy atom. The maximum absolute atomic E-state index is 11.2. The summed E-state index contributed by atoms with van der Waals surface area (Å²) >= 11 is 1.20. The molecule has 0 bridgehead atoms. The van der Waals surface area contributed by atoms with E-state index in [1.165, 1.54) is 31.0 Å². The number of thioether (sulfide) groups is 1. The van der Waals surface area contributed by atoms with Gasteiger partial charge >= 0.3 is 5.97 Å². The SMILES string of the molecule is CCCCCCSC(O)(CCCCCC(C)C)C(=O)O. The number of carboxylic acid groups (broad SMARTS) is 1. The van der Waals surface area contributed by atoms with E-state index in [1.54, 1.807) is 0 Å². The fraction of sp³-hybridized carbons (Fsp3) is 0.938. The highest BCUT2D eigenvalue weighted by atomic mass is 32.2. The molecule has 0 amide bonds. The minimum absolute atomic E-state index is 0.360. The molecule has 1 unspecified atom stereocenters. The molecule has 0 saturated carbocycles. The van der Waals surface area contributed by atoms with Crippen LogP contribution in [0.1, 0.15) is 78.6 Å². The quantitative estimate of drug-likeness (QED) is 0.383. The number of carbonyl (C=O) groups is 1. The topological polar surface area (TPSA) is 57.5 Å². The van der Waals surface area contributed by atoms with Gasteiger partial charge in [0.15, 0.2) is 0 Å². The van der Waals surface area contributed by atoms with Gasteiger partial charge in [0.25, 0.3) is 0 Å². The molecule has 0 saturated heterocycles. The Labute approximate surface area is 128 Å². The lowest BCUT2D eigenvalue weighted by atomic mass is 10.0. The lowest BCUT2D eigenvalue weighted by Crippen LogP contribution is -2.35. The van der Waals surface area contributed by atoms with Gasteiger partial charge in [0.05, 0.1) is 0 Å². The van der Waals surface area contributed by atoms with E-state index in [4.69, 9.17) is 0 Å². The van der Waals surface area contributed by atoms with E-state index in [1.807, 2.05) is 0 Å².